The first-order chi connectivity index (χ1) is 5.26. The highest BCUT2D eigenvalue weighted by Gasteiger charge is 2.42. The molecule has 0 spiro atoms. The lowest BCUT2D eigenvalue weighted by molar-refractivity contribution is 0.164. The number of alkyl halides is 1. The second-order valence-electron chi connectivity index (χ2n) is 3.20. The molecule has 0 unspecified atom stereocenters. The molecular formula is C8H13ClN2. The van der Waals surface area contributed by atoms with Gasteiger partial charge in [-0.1, -0.05) is 0 Å². The summed E-state index contributed by atoms with van der Waals surface area (Å²) in [5.74, 6) is 1.38. The van der Waals surface area contributed by atoms with Gasteiger partial charge in [0.1, 0.15) is 5.54 Å². The average Bonchev–Trinajstić information content (AvgIpc) is 1.96. The Balaban J connectivity index is 2.31. The van der Waals surface area contributed by atoms with E-state index in [-0.39, 0.29) is 5.54 Å². The van der Waals surface area contributed by atoms with Gasteiger partial charge in [-0.3, -0.25) is 0 Å². The Bertz CT molecular complexity index is 167. The van der Waals surface area contributed by atoms with Gasteiger partial charge in [-0.05, 0) is 32.2 Å². The molecule has 1 saturated carbocycles. The van der Waals surface area contributed by atoms with Gasteiger partial charge in [0.15, 0.2) is 0 Å². The normalized spacial score (nSPS) is 35.9. The van der Waals surface area contributed by atoms with Crippen LogP contribution in [0.3, 0.4) is 0 Å². The number of hydrogen-bond acceptors (Lipinski definition) is 2. The summed E-state index contributed by atoms with van der Waals surface area (Å²) < 4.78 is 0. The third kappa shape index (κ3) is 1.66. The SMILES string of the molecule is CNC1(C#N)CC(CCCl)C1. The van der Waals surface area contributed by atoms with Crippen LogP contribution in [0.4, 0.5) is 0 Å². The molecule has 3 heteroatoms. The van der Waals surface area contributed by atoms with Crippen LogP contribution >= 0.6 is 11.6 Å². The molecule has 0 amide bonds. The van der Waals surface area contributed by atoms with Gasteiger partial charge in [0.2, 0.25) is 0 Å². The molecule has 0 saturated heterocycles. The maximum Gasteiger partial charge on any atom is 0.107 e. The van der Waals surface area contributed by atoms with E-state index >= 15 is 0 Å². The van der Waals surface area contributed by atoms with Crippen LogP contribution in [0, 0.1) is 17.2 Å². The Kier molecular flexibility index (Phi) is 2.75. The van der Waals surface area contributed by atoms with Crippen molar-refractivity contribution < 1.29 is 0 Å². The lowest BCUT2D eigenvalue weighted by Gasteiger charge is -2.42. The predicted octanol–water partition coefficient (Wildman–Crippen LogP) is 1.51. The first-order valence-electron chi connectivity index (χ1n) is 3.92. The van der Waals surface area contributed by atoms with Crippen molar-refractivity contribution in [2.24, 2.45) is 5.92 Å². The molecule has 0 bridgehead atoms. The van der Waals surface area contributed by atoms with E-state index in [2.05, 4.69) is 11.4 Å². The zero-order valence-corrected chi connectivity index (χ0v) is 7.49. The van der Waals surface area contributed by atoms with Crippen molar-refractivity contribution in [1.29, 1.82) is 5.26 Å². The average molecular weight is 173 g/mol. The zero-order chi connectivity index (χ0) is 8.32. The summed E-state index contributed by atoms with van der Waals surface area (Å²) in [5.41, 5.74) is -0.225. The van der Waals surface area contributed by atoms with E-state index in [9.17, 15) is 0 Å². The number of halogens is 1. The smallest absolute Gasteiger partial charge is 0.107 e. The number of rotatable bonds is 3. The topological polar surface area (TPSA) is 35.8 Å². The van der Waals surface area contributed by atoms with Gasteiger partial charge in [0, 0.05) is 5.88 Å². The molecule has 2 nitrogen and oxygen atoms in total. The first-order valence-corrected chi connectivity index (χ1v) is 4.46. The fourth-order valence-corrected chi connectivity index (χ4v) is 1.94. The van der Waals surface area contributed by atoms with Gasteiger partial charge < -0.3 is 5.32 Å². The number of nitrogens with one attached hydrogen (secondary N) is 1. The maximum atomic E-state index is 8.78. The Morgan fingerprint density at radius 2 is 2.36 bits per heavy atom. The van der Waals surface area contributed by atoms with Crippen molar-refractivity contribution >= 4 is 11.6 Å². The van der Waals surface area contributed by atoms with Gasteiger partial charge >= 0.3 is 0 Å². The summed E-state index contributed by atoms with van der Waals surface area (Å²) in [6.07, 6.45) is 2.98. The summed E-state index contributed by atoms with van der Waals surface area (Å²) in [6.45, 7) is 0. The molecule has 0 atom stereocenters. The van der Waals surface area contributed by atoms with E-state index in [1.54, 1.807) is 0 Å². The number of nitriles is 1. The minimum absolute atomic E-state index is 0.225. The lowest BCUT2D eigenvalue weighted by atomic mass is 9.68. The predicted molar refractivity (Wildman–Crippen MR) is 45.5 cm³/mol. The highest BCUT2D eigenvalue weighted by Crippen LogP contribution is 2.39. The minimum atomic E-state index is -0.225. The summed E-state index contributed by atoms with van der Waals surface area (Å²) in [4.78, 5) is 0. The van der Waals surface area contributed by atoms with Gasteiger partial charge in [-0.15, -0.1) is 11.6 Å². The Morgan fingerprint density at radius 1 is 1.73 bits per heavy atom. The van der Waals surface area contributed by atoms with E-state index in [1.165, 1.54) is 0 Å². The second-order valence-corrected chi connectivity index (χ2v) is 3.57. The first kappa shape index (κ1) is 8.83. The van der Waals surface area contributed by atoms with Crippen LogP contribution in [0.5, 0.6) is 0 Å². The monoisotopic (exact) mass is 172 g/mol. The van der Waals surface area contributed by atoms with Crippen LogP contribution < -0.4 is 5.32 Å². The summed E-state index contributed by atoms with van der Waals surface area (Å²) in [5, 5.41) is 11.8. The Labute approximate surface area is 72.5 Å². The van der Waals surface area contributed by atoms with Crippen LogP contribution in [-0.4, -0.2) is 18.5 Å². The zero-order valence-electron chi connectivity index (χ0n) is 6.73. The van der Waals surface area contributed by atoms with Crippen LogP contribution in [0.15, 0.2) is 0 Å². The molecule has 0 aliphatic heterocycles. The third-order valence-electron chi connectivity index (χ3n) is 2.48. The van der Waals surface area contributed by atoms with E-state index in [0.29, 0.717) is 5.92 Å². The molecular weight excluding hydrogens is 160 g/mol. The molecule has 0 heterocycles. The van der Waals surface area contributed by atoms with E-state index < -0.39 is 0 Å². The number of hydrogen-bond donors (Lipinski definition) is 1. The van der Waals surface area contributed by atoms with Crippen molar-refractivity contribution in [2.75, 3.05) is 12.9 Å². The molecule has 1 aliphatic rings. The second kappa shape index (κ2) is 3.42. The van der Waals surface area contributed by atoms with Crippen molar-refractivity contribution in [1.82, 2.24) is 5.32 Å². The van der Waals surface area contributed by atoms with Crippen LogP contribution in [0.2, 0.25) is 0 Å². The van der Waals surface area contributed by atoms with Gasteiger partial charge in [0.05, 0.1) is 6.07 Å². The maximum absolute atomic E-state index is 8.78. The van der Waals surface area contributed by atoms with Crippen molar-refractivity contribution in [3.63, 3.8) is 0 Å². The molecule has 0 radical (unpaired) electrons. The third-order valence-corrected chi connectivity index (χ3v) is 2.70. The fourth-order valence-electron chi connectivity index (χ4n) is 1.64. The molecule has 0 aromatic carbocycles. The van der Waals surface area contributed by atoms with Crippen molar-refractivity contribution in [3.8, 4) is 6.07 Å². The molecule has 1 aliphatic carbocycles. The number of nitrogens with zero attached hydrogens (tertiary/aromatic N) is 1. The van der Waals surface area contributed by atoms with Crippen LogP contribution in [0.25, 0.3) is 0 Å². The largest absolute Gasteiger partial charge is 0.302 e. The molecule has 0 aromatic rings. The molecule has 62 valence electrons. The van der Waals surface area contributed by atoms with Gasteiger partial charge in [-0.2, -0.15) is 5.26 Å². The van der Waals surface area contributed by atoms with E-state index in [4.69, 9.17) is 16.9 Å². The molecule has 1 rings (SSSR count). The van der Waals surface area contributed by atoms with Crippen molar-refractivity contribution in [3.05, 3.63) is 0 Å². The minimum Gasteiger partial charge on any atom is -0.302 e. The van der Waals surface area contributed by atoms with E-state index in [0.717, 1.165) is 25.1 Å². The standard InChI is InChI=1S/C8H13ClN2/c1-11-8(6-10)4-7(5-8)2-3-9/h7,11H,2-5H2,1H3. The van der Waals surface area contributed by atoms with E-state index in [1.807, 2.05) is 7.05 Å². The van der Waals surface area contributed by atoms with Crippen LogP contribution in [-0.2, 0) is 0 Å². The van der Waals surface area contributed by atoms with Gasteiger partial charge in [0.25, 0.3) is 0 Å². The van der Waals surface area contributed by atoms with Crippen molar-refractivity contribution in [2.45, 2.75) is 24.8 Å². The summed E-state index contributed by atoms with van der Waals surface area (Å²) in [7, 11) is 1.85. The fraction of sp³-hybridized carbons (Fsp3) is 0.875. The molecule has 1 N–H and O–H groups in total. The van der Waals surface area contributed by atoms with Gasteiger partial charge in [-0.25, -0.2) is 0 Å². The highest BCUT2D eigenvalue weighted by atomic mass is 35.5. The summed E-state index contributed by atoms with van der Waals surface area (Å²) >= 11 is 5.59. The Hall–Kier alpha value is -0.260. The molecule has 1 fully saturated rings. The highest BCUT2D eigenvalue weighted by molar-refractivity contribution is 6.17. The molecule has 0 aromatic heterocycles. The quantitative estimate of drug-likeness (QED) is 0.656. The molecule has 11 heavy (non-hydrogen) atoms. The van der Waals surface area contributed by atoms with Crippen LogP contribution in [0.1, 0.15) is 19.3 Å². The lowest BCUT2D eigenvalue weighted by Crippen LogP contribution is -2.52. The Morgan fingerprint density at radius 3 is 2.73 bits per heavy atom. The summed E-state index contributed by atoms with van der Waals surface area (Å²) in [6, 6.07) is 2.30.